The van der Waals surface area contributed by atoms with Crippen molar-refractivity contribution in [1.82, 2.24) is 14.7 Å². The van der Waals surface area contributed by atoms with Gasteiger partial charge in [-0.1, -0.05) is 0 Å². The molecule has 0 aliphatic carbocycles. The van der Waals surface area contributed by atoms with Crippen LogP contribution in [-0.4, -0.2) is 39.5 Å². The molecule has 0 radical (unpaired) electrons. The van der Waals surface area contributed by atoms with E-state index >= 15 is 0 Å². The van der Waals surface area contributed by atoms with Crippen LogP contribution in [0.3, 0.4) is 0 Å². The molecule has 1 amide bonds. The van der Waals surface area contributed by atoms with E-state index < -0.39 is 0 Å². The number of aryl methyl sites for hydroxylation is 1. The van der Waals surface area contributed by atoms with Gasteiger partial charge in [0.2, 0.25) is 5.91 Å². The number of piperidine rings is 1. The van der Waals surface area contributed by atoms with Crippen molar-refractivity contribution in [2.24, 2.45) is 5.92 Å². The van der Waals surface area contributed by atoms with Gasteiger partial charge in [-0.2, -0.15) is 5.10 Å². The molecular formula is C18H23N3O2S. The molecule has 0 saturated carbocycles. The maximum absolute atomic E-state index is 12.4. The number of amides is 1. The summed E-state index contributed by atoms with van der Waals surface area (Å²) in [5.41, 5.74) is 0.955. The van der Waals surface area contributed by atoms with Crippen LogP contribution in [-0.2, 0) is 17.8 Å². The third-order valence-electron chi connectivity index (χ3n) is 4.65. The van der Waals surface area contributed by atoms with Crippen LogP contribution in [0.15, 0.2) is 29.9 Å². The van der Waals surface area contributed by atoms with Crippen LogP contribution in [0.25, 0.3) is 0 Å². The zero-order valence-electron chi connectivity index (χ0n) is 14.0. The highest BCUT2D eigenvalue weighted by atomic mass is 32.1. The van der Waals surface area contributed by atoms with E-state index in [-0.39, 0.29) is 11.7 Å². The van der Waals surface area contributed by atoms with Gasteiger partial charge in [-0.05, 0) is 55.2 Å². The van der Waals surface area contributed by atoms with Gasteiger partial charge in [-0.3, -0.25) is 14.3 Å². The Balaban J connectivity index is 1.43. The number of hydrogen-bond acceptors (Lipinski definition) is 4. The fraction of sp³-hybridized carbons (Fsp3) is 0.500. The highest BCUT2D eigenvalue weighted by molar-refractivity contribution is 7.12. The molecule has 6 heteroatoms. The maximum Gasteiger partial charge on any atom is 0.227 e. The minimum atomic E-state index is 0.0664. The Labute approximate surface area is 146 Å². The molecule has 0 aromatic carbocycles. The number of carbonyl (C=O) groups is 2. The van der Waals surface area contributed by atoms with E-state index in [0.29, 0.717) is 12.3 Å². The number of carbonyl (C=O) groups excluding carboxylic acids is 2. The Morgan fingerprint density at radius 3 is 2.75 bits per heavy atom. The molecular weight excluding hydrogens is 322 g/mol. The number of ketones is 1. The second-order valence-corrected chi connectivity index (χ2v) is 7.35. The van der Waals surface area contributed by atoms with Crippen LogP contribution in [0.4, 0.5) is 0 Å². The predicted molar refractivity (Wildman–Crippen MR) is 94.2 cm³/mol. The van der Waals surface area contributed by atoms with Crippen molar-refractivity contribution < 1.29 is 9.59 Å². The van der Waals surface area contributed by atoms with Crippen molar-refractivity contribution in [3.8, 4) is 0 Å². The van der Waals surface area contributed by atoms with Crippen molar-refractivity contribution in [1.29, 1.82) is 0 Å². The second-order valence-electron chi connectivity index (χ2n) is 6.43. The molecule has 5 nitrogen and oxygen atoms in total. The molecule has 0 N–H and O–H groups in total. The Morgan fingerprint density at radius 1 is 1.33 bits per heavy atom. The predicted octanol–water partition coefficient (Wildman–Crippen LogP) is 3.02. The van der Waals surface area contributed by atoms with Crippen molar-refractivity contribution in [2.45, 2.75) is 39.2 Å². The zero-order valence-corrected chi connectivity index (χ0v) is 14.8. The minimum Gasteiger partial charge on any atom is -0.342 e. The molecule has 1 saturated heterocycles. The van der Waals surface area contributed by atoms with E-state index in [0.717, 1.165) is 49.3 Å². The molecule has 0 unspecified atom stereocenters. The number of nitrogens with zero attached hydrogens (tertiary/aromatic N) is 3. The monoisotopic (exact) mass is 345 g/mol. The third kappa shape index (κ3) is 4.32. The van der Waals surface area contributed by atoms with Gasteiger partial charge < -0.3 is 4.90 Å². The molecule has 0 bridgehead atoms. The third-order valence-corrected chi connectivity index (χ3v) is 5.73. The molecule has 0 atom stereocenters. The van der Waals surface area contributed by atoms with Crippen molar-refractivity contribution >= 4 is 23.0 Å². The maximum atomic E-state index is 12.4. The van der Waals surface area contributed by atoms with Crippen molar-refractivity contribution in [3.05, 3.63) is 40.3 Å². The molecule has 2 aromatic heterocycles. The minimum absolute atomic E-state index is 0.0664. The number of rotatable bonds is 6. The summed E-state index contributed by atoms with van der Waals surface area (Å²) < 4.78 is 1.97. The lowest BCUT2D eigenvalue weighted by Crippen LogP contribution is -2.39. The zero-order chi connectivity index (χ0) is 16.9. The van der Waals surface area contributed by atoms with Crippen molar-refractivity contribution in [2.75, 3.05) is 13.1 Å². The molecule has 2 aromatic rings. The number of hydrogen-bond donors (Lipinski definition) is 0. The Hall–Kier alpha value is -1.95. The summed E-state index contributed by atoms with van der Waals surface area (Å²) in [6.07, 6.45) is 7.46. The average Bonchev–Trinajstić information content (AvgIpc) is 3.25. The molecule has 3 rings (SSSR count). The second kappa shape index (κ2) is 7.75. The van der Waals surface area contributed by atoms with Crippen LogP contribution < -0.4 is 0 Å². The van der Waals surface area contributed by atoms with Crippen LogP contribution in [0.5, 0.6) is 0 Å². The lowest BCUT2D eigenvalue weighted by atomic mass is 9.93. The Bertz CT molecular complexity index is 685. The SMILES string of the molecule is CC(=O)c1cc(CC(=O)N2CCC(CCn3cccn3)CC2)cs1. The van der Waals surface area contributed by atoms with Gasteiger partial charge in [-0.15, -0.1) is 11.3 Å². The van der Waals surface area contributed by atoms with Crippen LogP contribution in [0.1, 0.15) is 41.4 Å². The van der Waals surface area contributed by atoms with Gasteiger partial charge in [0.1, 0.15) is 0 Å². The highest BCUT2D eigenvalue weighted by Crippen LogP contribution is 2.22. The van der Waals surface area contributed by atoms with E-state index in [1.54, 1.807) is 6.92 Å². The quantitative estimate of drug-likeness (QED) is 0.756. The van der Waals surface area contributed by atoms with E-state index in [4.69, 9.17) is 0 Å². The number of Topliss-reactive ketones (excluding diaryl/α,β-unsaturated/α-hetero) is 1. The smallest absolute Gasteiger partial charge is 0.227 e. The molecule has 1 aliphatic rings. The molecule has 1 fully saturated rings. The molecule has 0 spiro atoms. The first kappa shape index (κ1) is 16.9. The van der Waals surface area contributed by atoms with E-state index in [9.17, 15) is 9.59 Å². The Kier molecular flexibility index (Phi) is 5.45. The molecule has 1 aliphatic heterocycles. The van der Waals surface area contributed by atoms with Crippen LogP contribution in [0, 0.1) is 5.92 Å². The largest absolute Gasteiger partial charge is 0.342 e. The first-order valence-corrected chi connectivity index (χ1v) is 9.33. The standard InChI is InChI=1S/C18H23N3O2S/c1-14(22)17-11-16(13-24-17)12-18(23)20-8-3-15(4-9-20)5-10-21-7-2-6-19-21/h2,6-7,11,13,15H,3-5,8-10,12H2,1H3. The van der Waals surface area contributed by atoms with Gasteiger partial charge in [0.25, 0.3) is 0 Å². The van der Waals surface area contributed by atoms with Gasteiger partial charge in [-0.25, -0.2) is 0 Å². The highest BCUT2D eigenvalue weighted by Gasteiger charge is 2.23. The molecule has 3 heterocycles. The first-order chi connectivity index (χ1) is 11.6. The normalized spacial score (nSPS) is 15.6. The number of likely N-dealkylation sites (tertiary alicyclic amines) is 1. The summed E-state index contributed by atoms with van der Waals surface area (Å²) in [4.78, 5) is 26.5. The average molecular weight is 345 g/mol. The summed E-state index contributed by atoms with van der Waals surface area (Å²) in [6.45, 7) is 4.19. The summed E-state index contributed by atoms with van der Waals surface area (Å²) in [6, 6.07) is 3.80. The van der Waals surface area contributed by atoms with E-state index in [1.807, 2.05) is 39.5 Å². The molecule has 24 heavy (non-hydrogen) atoms. The van der Waals surface area contributed by atoms with E-state index in [2.05, 4.69) is 5.10 Å². The van der Waals surface area contributed by atoms with Gasteiger partial charge in [0.15, 0.2) is 5.78 Å². The fourth-order valence-corrected chi connectivity index (χ4v) is 3.97. The topological polar surface area (TPSA) is 55.2 Å². The first-order valence-electron chi connectivity index (χ1n) is 8.45. The van der Waals surface area contributed by atoms with Gasteiger partial charge >= 0.3 is 0 Å². The summed E-state index contributed by atoms with van der Waals surface area (Å²) in [5.74, 6) is 0.911. The van der Waals surface area contributed by atoms with Gasteiger partial charge in [0, 0.05) is 32.0 Å². The van der Waals surface area contributed by atoms with Crippen LogP contribution >= 0.6 is 11.3 Å². The van der Waals surface area contributed by atoms with Crippen molar-refractivity contribution in [3.63, 3.8) is 0 Å². The number of aromatic nitrogens is 2. The van der Waals surface area contributed by atoms with Gasteiger partial charge in [0.05, 0.1) is 11.3 Å². The lowest BCUT2D eigenvalue weighted by Gasteiger charge is -2.32. The van der Waals surface area contributed by atoms with Crippen LogP contribution in [0.2, 0.25) is 0 Å². The fourth-order valence-electron chi connectivity index (χ4n) is 3.16. The summed E-state index contributed by atoms with van der Waals surface area (Å²) in [7, 11) is 0. The number of thiophene rings is 1. The summed E-state index contributed by atoms with van der Waals surface area (Å²) >= 11 is 1.42. The summed E-state index contributed by atoms with van der Waals surface area (Å²) in [5, 5.41) is 6.16. The Morgan fingerprint density at radius 2 is 2.12 bits per heavy atom. The van der Waals surface area contributed by atoms with E-state index in [1.165, 1.54) is 11.3 Å². The lowest BCUT2D eigenvalue weighted by molar-refractivity contribution is -0.131. The molecule has 128 valence electrons.